The summed E-state index contributed by atoms with van der Waals surface area (Å²) in [6.45, 7) is 4.95. The molecule has 74 valence electrons. The first-order chi connectivity index (χ1) is 6.02. The van der Waals surface area contributed by atoms with Gasteiger partial charge in [-0.15, -0.1) is 0 Å². The van der Waals surface area contributed by atoms with Crippen molar-refractivity contribution < 1.29 is 19.1 Å². The third-order valence-electron chi connectivity index (χ3n) is 1.88. The molecule has 1 aliphatic heterocycles. The standard InChI is InChI=1S/C9H14O4/c1-7(10)3-8(11)13-6-9(2)4-12-5-9/h3-6H2,1-2H3. The summed E-state index contributed by atoms with van der Waals surface area (Å²) in [5.41, 5.74) is -0.0353. The Morgan fingerprint density at radius 1 is 1.46 bits per heavy atom. The van der Waals surface area contributed by atoms with Gasteiger partial charge in [0.2, 0.25) is 0 Å². The van der Waals surface area contributed by atoms with Crippen LogP contribution < -0.4 is 0 Å². The van der Waals surface area contributed by atoms with Gasteiger partial charge in [-0.05, 0) is 6.92 Å². The lowest BCUT2D eigenvalue weighted by Gasteiger charge is -2.37. The lowest BCUT2D eigenvalue weighted by atomic mass is 9.90. The zero-order chi connectivity index (χ0) is 9.90. The minimum absolute atomic E-state index is 0.0353. The zero-order valence-electron chi connectivity index (χ0n) is 7.96. The molecule has 4 nitrogen and oxygen atoms in total. The zero-order valence-corrected chi connectivity index (χ0v) is 7.96. The molecular weight excluding hydrogens is 172 g/mol. The van der Waals surface area contributed by atoms with Crippen molar-refractivity contribution in [3.05, 3.63) is 0 Å². The smallest absolute Gasteiger partial charge is 0.313 e. The van der Waals surface area contributed by atoms with E-state index in [1.165, 1.54) is 6.92 Å². The maximum Gasteiger partial charge on any atom is 0.313 e. The number of ketones is 1. The summed E-state index contributed by atoms with van der Waals surface area (Å²) in [6, 6.07) is 0. The third-order valence-corrected chi connectivity index (χ3v) is 1.88. The predicted octanol–water partition coefficient (Wildman–Crippen LogP) is 0.545. The summed E-state index contributed by atoms with van der Waals surface area (Å²) in [5, 5.41) is 0. The number of esters is 1. The molecule has 1 saturated heterocycles. The number of hydrogen-bond acceptors (Lipinski definition) is 4. The summed E-state index contributed by atoms with van der Waals surface area (Å²) in [7, 11) is 0. The number of rotatable bonds is 4. The van der Waals surface area contributed by atoms with Crippen molar-refractivity contribution in [2.24, 2.45) is 5.41 Å². The Labute approximate surface area is 77.2 Å². The Kier molecular flexibility index (Phi) is 3.03. The van der Waals surface area contributed by atoms with Crippen molar-refractivity contribution in [1.82, 2.24) is 0 Å². The molecule has 0 aromatic rings. The molecule has 0 aliphatic carbocycles. The quantitative estimate of drug-likeness (QED) is 0.475. The van der Waals surface area contributed by atoms with Crippen molar-refractivity contribution in [1.29, 1.82) is 0 Å². The fourth-order valence-electron chi connectivity index (χ4n) is 1.04. The average molecular weight is 186 g/mol. The molecule has 0 unspecified atom stereocenters. The van der Waals surface area contributed by atoms with Gasteiger partial charge in [-0.1, -0.05) is 6.92 Å². The van der Waals surface area contributed by atoms with Gasteiger partial charge >= 0.3 is 5.97 Å². The fraction of sp³-hybridized carbons (Fsp3) is 0.778. The van der Waals surface area contributed by atoms with E-state index in [1.807, 2.05) is 6.92 Å². The Bertz CT molecular complexity index is 218. The summed E-state index contributed by atoms with van der Waals surface area (Å²) >= 11 is 0. The lowest BCUT2D eigenvalue weighted by molar-refractivity contribution is -0.165. The molecular formula is C9H14O4. The maximum absolute atomic E-state index is 11.0. The number of hydrogen-bond donors (Lipinski definition) is 0. The number of Topliss-reactive ketones (excluding diaryl/α,β-unsaturated/α-hetero) is 1. The molecule has 13 heavy (non-hydrogen) atoms. The highest BCUT2D eigenvalue weighted by atomic mass is 16.5. The molecule has 0 radical (unpaired) electrons. The second-order valence-corrected chi connectivity index (χ2v) is 3.84. The van der Waals surface area contributed by atoms with Crippen LogP contribution in [-0.2, 0) is 19.1 Å². The topological polar surface area (TPSA) is 52.6 Å². The molecule has 0 N–H and O–H groups in total. The second-order valence-electron chi connectivity index (χ2n) is 3.84. The van der Waals surface area contributed by atoms with Gasteiger partial charge in [0.05, 0.1) is 13.2 Å². The molecule has 0 atom stereocenters. The van der Waals surface area contributed by atoms with Crippen LogP contribution in [0.25, 0.3) is 0 Å². The van der Waals surface area contributed by atoms with Gasteiger partial charge in [-0.25, -0.2) is 0 Å². The van der Waals surface area contributed by atoms with E-state index in [4.69, 9.17) is 9.47 Å². The molecule has 0 aromatic carbocycles. The highest BCUT2D eigenvalue weighted by Crippen LogP contribution is 2.26. The van der Waals surface area contributed by atoms with Crippen LogP contribution in [0.15, 0.2) is 0 Å². The predicted molar refractivity (Wildman–Crippen MR) is 45.2 cm³/mol. The van der Waals surface area contributed by atoms with E-state index in [9.17, 15) is 9.59 Å². The van der Waals surface area contributed by atoms with E-state index in [0.29, 0.717) is 19.8 Å². The van der Waals surface area contributed by atoms with Gasteiger partial charge < -0.3 is 9.47 Å². The number of carbonyl (C=O) groups is 2. The SMILES string of the molecule is CC(=O)CC(=O)OCC1(C)COC1. The van der Waals surface area contributed by atoms with Crippen LogP contribution in [0.5, 0.6) is 0 Å². The van der Waals surface area contributed by atoms with Crippen molar-refractivity contribution >= 4 is 11.8 Å². The van der Waals surface area contributed by atoms with Crippen LogP contribution in [0, 0.1) is 5.41 Å². The summed E-state index contributed by atoms with van der Waals surface area (Å²) in [6.07, 6.45) is -0.128. The Morgan fingerprint density at radius 3 is 2.46 bits per heavy atom. The molecule has 0 amide bonds. The maximum atomic E-state index is 11.0. The molecule has 0 spiro atoms. The summed E-state index contributed by atoms with van der Waals surface area (Å²) < 4.78 is 9.91. The lowest BCUT2D eigenvalue weighted by Crippen LogP contribution is -2.44. The van der Waals surface area contributed by atoms with E-state index in [0.717, 1.165) is 0 Å². The highest BCUT2D eigenvalue weighted by molar-refractivity contribution is 5.94. The van der Waals surface area contributed by atoms with Gasteiger partial charge in [0, 0.05) is 5.41 Å². The van der Waals surface area contributed by atoms with Crippen molar-refractivity contribution in [2.75, 3.05) is 19.8 Å². The van der Waals surface area contributed by atoms with Gasteiger partial charge in [0.25, 0.3) is 0 Å². The Hall–Kier alpha value is -0.900. The van der Waals surface area contributed by atoms with E-state index in [-0.39, 0.29) is 17.6 Å². The average Bonchev–Trinajstić information content (AvgIpc) is 1.96. The van der Waals surface area contributed by atoms with Crippen LogP contribution in [0.1, 0.15) is 20.3 Å². The fourth-order valence-corrected chi connectivity index (χ4v) is 1.04. The molecule has 0 saturated carbocycles. The minimum atomic E-state index is -0.444. The van der Waals surface area contributed by atoms with Crippen molar-refractivity contribution in [3.63, 3.8) is 0 Å². The van der Waals surface area contributed by atoms with Crippen molar-refractivity contribution in [2.45, 2.75) is 20.3 Å². The van der Waals surface area contributed by atoms with Gasteiger partial charge in [0.15, 0.2) is 0 Å². The first kappa shape index (κ1) is 10.2. The molecule has 1 aliphatic rings. The van der Waals surface area contributed by atoms with E-state index in [1.54, 1.807) is 0 Å². The normalized spacial score (nSPS) is 18.9. The van der Waals surface area contributed by atoms with Crippen LogP contribution in [0.3, 0.4) is 0 Å². The molecule has 4 heteroatoms. The second kappa shape index (κ2) is 3.87. The van der Waals surface area contributed by atoms with Gasteiger partial charge in [0.1, 0.15) is 18.8 Å². The van der Waals surface area contributed by atoms with E-state index < -0.39 is 5.97 Å². The largest absolute Gasteiger partial charge is 0.465 e. The first-order valence-electron chi connectivity index (χ1n) is 4.25. The summed E-state index contributed by atoms with van der Waals surface area (Å²) in [4.78, 5) is 21.5. The molecule has 0 aromatic heterocycles. The highest BCUT2D eigenvalue weighted by Gasteiger charge is 2.34. The number of ether oxygens (including phenoxy) is 2. The molecule has 1 rings (SSSR count). The van der Waals surface area contributed by atoms with Crippen LogP contribution >= 0.6 is 0 Å². The van der Waals surface area contributed by atoms with E-state index >= 15 is 0 Å². The monoisotopic (exact) mass is 186 g/mol. The van der Waals surface area contributed by atoms with Gasteiger partial charge in [-0.2, -0.15) is 0 Å². The van der Waals surface area contributed by atoms with Crippen molar-refractivity contribution in [3.8, 4) is 0 Å². The van der Waals surface area contributed by atoms with Crippen LogP contribution in [0.4, 0.5) is 0 Å². The Balaban J connectivity index is 2.18. The van der Waals surface area contributed by atoms with E-state index in [2.05, 4.69) is 0 Å². The Morgan fingerprint density at radius 2 is 2.08 bits per heavy atom. The minimum Gasteiger partial charge on any atom is -0.465 e. The molecule has 0 bridgehead atoms. The summed E-state index contributed by atoms with van der Waals surface area (Å²) in [5.74, 6) is -0.611. The number of carbonyl (C=O) groups excluding carboxylic acids is 2. The third kappa shape index (κ3) is 3.14. The van der Waals surface area contributed by atoms with Crippen LogP contribution in [0.2, 0.25) is 0 Å². The van der Waals surface area contributed by atoms with Gasteiger partial charge in [-0.3, -0.25) is 9.59 Å². The molecule has 1 fully saturated rings. The first-order valence-corrected chi connectivity index (χ1v) is 4.25. The molecule has 1 heterocycles. The van der Waals surface area contributed by atoms with Crippen LogP contribution in [-0.4, -0.2) is 31.6 Å².